The average Bonchev–Trinajstić information content (AvgIpc) is 2.83. The second kappa shape index (κ2) is 12.5. The van der Waals surface area contributed by atoms with Crippen LogP contribution in [0.25, 0.3) is 0 Å². The number of ether oxygens (including phenoxy) is 1. The fourth-order valence-corrected chi connectivity index (χ4v) is 3.68. The Morgan fingerprint density at radius 3 is 2.00 bits per heavy atom. The van der Waals surface area contributed by atoms with E-state index in [-0.39, 0.29) is 12.5 Å². The van der Waals surface area contributed by atoms with E-state index in [1.165, 1.54) is 4.90 Å². The zero-order valence-electron chi connectivity index (χ0n) is 22.1. The average molecular weight is 498 g/mol. The Bertz CT molecular complexity index is 1000. The van der Waals surface area contributed by atoms with E-state index < -0.39 is 41.8 Å². The minimum atomic E-state index is -1.29. The topological polar surface area (TPSA) is 108 Å². The Hall–Kier alpha value is -3.39. The number of benzene rings is 2. The van der Waals surface area contributed by atoms with Gasteiger partial charge in [-0.2, -0.15) is 0 Å². The molecule has 0 fully saturated rings. The number of alkyl carbamates (subject to hydrolysis) is 1. The van der Waals surface area contributed by atoms with Crippen LogP contribution in [-0.4, -0.2) is 51.7 Å². The summed E-state index contributed by atoms with van der Waals surface area (Å²) >= 11 is 0. The molecule has 3 N–H and O–H groups in total. The van der Waals surface area contributed by atoms with Gasteiger partial charge in [0.25, 0.3) is 0 Å². The summed E-state index contributed by atoms with van der Waals surface area (Å²) in [5.74, 6) is -0.951. The number of carbonyl (C=O) groups is 3. The number of rotatable bonds is 10. The lowest BCUT2D eigenvalue weighted by Crippen LogP contribution is -2.60. The second-order valence-corrected chi connectivity index (χ2v) is 10.3. The van der Waals surface area contributed by atoms with Crippen molar-refractivity contribution in [3.05, 3.63) is 71.8 Å². The monoisotopic (exact) mass is 497 g/mol. The molecule has 2 unspecified atom stereocenters. The van der Waals surface area contributed by atoms with Gasteiger partial charge in [-0.05, 0) is 52.2 Å². The molecule has 0 aliphatic carbocycles. The summed E-state index contributed by atoms with van der Waals surface area (Å²) in [5.41, 5.74) is -0.0265. The predicted molar refractivity (Wildman–Crippen MR) is 139 cm³/mol. The molecule has 8 nitrogen and oxygen atoms in total. The Kier molecular flexibility index (Phi) is 10.0. The van der Waals surface area contributed by atoms with Crippen molar-refractivity contribution >= 4 is 17.9 Å². The van der Waals surface area contributed by atoms with Gasteiger partial charge in [0, 0.05) is 12.1 Å². The normalized spacial score (nSPS) is 13.3. The van der Waals surface area contributed by atoms with E-state index in [2.05, 4.69) is 10.6 Å². The molecule has 0 spiro atoms. The van der Waals surface area contributed by atoms with Crippen LogP contribution in [0.4, 0.5) is 4.79 Å². The summed E-state index contributed by atoms with van der Waals surface area (Å²) in [6.07, 6.45) is -0.299. The number of nitrogens with zero attached hydrogens (tertiary/aromatic N) is 1. The zero-order chi connectivity index (χ0) is 26.9. The fourth-order valence-electron chi connectivity index (χ4n) is 3.68. The van der Waals surface area contributed by atoms with Crippen LogP contribution in [0.2, 0.25) is 0 Å². The van der Waals surface area contributed by atoms with Crippen molar-refractivity contribution in [2.45, 2.75) is 77.7 Å². The molecule has 0 radical (unpaired) electrons. The van der Waals surface area contributed by atoms with Gasteiger partial charge in [0.05, 0.1) is 6.61 Å². The summed E-state index contributed by atoms with van der Waals surface area (Å²) in [5, 5.41) is 15.5. The van der Waals surface area contributed by atoms with E-state index in [9.17, 15) is 19.5 Å². The molecule has 2 aromatic rings. The molecule has 3 amide bonds. The minimum Gasteiger partial charge on any atom is -0.444 e. The lowest BCUT2D eigenvalue weighted by atomic mass is 9.92. The molecule has 2 atom stereocenters. The van der Waals surface area contributed by atoms with Crippen molar-refractivity contribution in [2.24, 2.45) is 0 Å². The summed E-state index contributed by atoms with van der Waals surface area (Å²) in [4.78, 5) is 41.4. The predicted octanol–water partition coefficient (Wildman–Crippen LogP) is 3.95. The third-order valence-corrected chi connectivity index (χ3v) is 5.86. The molecule has 2 aromatic carbocycles. The van der Waals surface area contributed by atoms with E-state index in [1.54, 1.807) is 45.0 Å². The quantitative estimate of drug-likeness (QED) is 0.461. The molecule has 0 saturated carbocycles. The molecule has 0 heterocycles. The largest absolute Gasteiger partial charge is 0.444 e. The lowest BCUT2D eigenvalue weighted by Gasteiger charge is -2.44. The summed E-state index contributed by atoms with van der Waals surface area (Å²) in [6.45, 7) is 10.4. The number of carbonyl (C=O) groups excluding carboxylic acids is 3. The molecule has 196 valence electrons. The Balaban J connectivity index is 2.45. The van der Waals surface area contributed by atoms with Crippen LogP contribution in [0.15, 0.2) is 60.7 Å². The highest BCUT2D eigenvalue weighted by atomic mass is 16.6. The Labute approximate surface area is 214 Å². The van der Waals surface area contributed by atoms with E-state index in [4.69, 9.17) is 4.74 Å². The summed E-state index contributed by atoms with van der Waals surface area (Å²) in [6, 6.07) is 16.2. The molecule has 0 aliphatic rings. The number of amides is 3. The van der Waals surface area contributed by atoms with Crippen molar-refractivity contribution in [2.75, 3.05) is 6.61 Å². The van der Waals surface area contributed by atoms with Gasteiger partial charge < -0.3 is 25.4 Å². The van der Waals surface area contributed by atoms with Crippen molar-refractivity contribution < 1.29 is 24.2 Å². The molecule has 8 heteroatoms. The van der Waals surface area contributed by atoms with Crippen LogP contribution in [0.5, 0.6) is 0 Å². The van der Waals surface area contributed by atoms with Crippen LogP contribution in [0, 0.1) is 0 Å². The van der Waals surface area contributed by atoms with Gasteiger partial charge in [0.15, 0.2) is 0 Å². The SMILES string of the molecule is CCC(C)(C)N(C(=O)C(CO)NC(=O)OC(C)(C)C)C(C(=O)NCc1ccccc1)c1ccccc1. The van der Waals surface area contributed by atoms with Gasteiger partial charge in [-0.1, -0.05) is 67.6 Å². The number of nitrogens with one attached hydrogen (secondary N) is 2. The first kappa shape index (κ1) is 28.8. The fraction of sp³-hybridized carbons (Fsp3) is 0.464. The molecule has 36 heavy (non-hydrogen) atoms. The Morgan fingerprint density at radius 1 is 0.944 bits per heavy atom. The first-order chi connectivity index (χ1) is 16.9. The highest BCUT2D eigenvalue weighted by Gasteiger charge is 2.42. The van der Waals surface area contributed by atoms with Crippen molar-refractivity contribution in [3.8, 4) is 0 Å². The second-order valence-electron chi connectivity index (χ2n) is 10.3. The summed E-state index contributed by atoms with van der Waals surface area (Å²) < 4.78 is 5.28. The van der Waals surface area contributed by atoms with Crippen molar-refractivity contribution in [1.29, 1.82) is 0 Å². The van der Waals surface area contributed by atoms with E-state index in [0.717, 1.165) is 5.56 Å². The first-order valence-electron chi connectivity index (χ1n) is 12.2. The Morgan fingerprint density at radius 2 is 1.50 bits per heavy atom. The van der Waals surface area contributed by atoms with Crippen LogP contribution >= 0.6 is 0 Å². The van der Waals surface area contributed by atoms with Gasteiger partial charge in [-0.15, -0.1) is 0 Å². The molecule has 2 rings (SSSR count). The van der Waals surface area contributed by atoms with Gasteiger partial charge in [-0.25, -0.2) is 4.79 Å². The van der Waals surface area contributed by atoms with E-state index in [1.807, 2.05) is 57.2 Å². The van der Waals surface area contributed by atoms with E-state index >= 15 is 0 Å². The minimum absolute atomic E-state index is 0.289. The highest BCUT2D eigenvalue weighted by molar-refractivity contribution is 5.92. The van der Waals surface area contributed by atoms with Crippen LogP contribution in [-0.2, 0) is 20.9 Å². The first-order valence-corrected chi connectivity index (χ1v) is 12.2. The van der Waals surface area contributed by atoms with Gasteiger partial charge in [0.1, 0.15) is 17.7 Å². The molecular weight excluding hydrogens is 458 g/mol. The van der Waals surface area contributed by atoms with Gasteiger partial charge in [-0.3, -0.25) is 9.59 Å². The molecule has 0 saturated heterocycles. The van der Waals surface area contributed by atoms with E-state index in [0.29, 0.717) is 12.0 Å². The number of hydrogen-bond acceptors (Lipinski definition) is 5. The molecule has 0 bridgehead atoms. The molecule has 0 aliphatic heterocycles. The van der Waals surface area contributed by atoms with Crippen LogP contribution in [0.1, 0.15) is 65.1 Å². The smallest absolute Gasteiger partial charge is 0.408 e. The third kappa shape index (κ3) is 8.09. The van der Waals surface area contributed by atoms with Gasteiger partial charge >= 0.3 is 6.09 Å². The summed E-state index contributed by atoms with van der Waals surface area (Å²) in [7, 11) is 0. The molecule has 0 aromatic heterocycles. The van der Waals surface area contributed by atoms with Gasteiger partial charge in [0.2, 0.25) is 11.8 Å². The maximum atomic E-state index is 13.9. The number of aliphatic hydroxyl groups is 1. The van der Waals surface area contributed by atoms with Crippen molar-refractivity contribution in [1.82, 2.24) is 15.5 Å². The van der Waals surface area contributed by atoms with Crippen LogP contribution in [0.3, 0.4) is 0 Å². The molecular formula is C28H39N3O5. The van der Waals surface area contributed by atoms with Crippen molar-refractivity contribution in [3.63, 3.8) is 0 Å². The van der Waals surface area contributed by atoms with Crippen LogP contribution < -0.4 is 10.6 Å². The number of hydrogen-bond donors (Lipinski definition) is 3. The maximum Gasteiger partial charge on any atom is 0.408 e. The standard InChI is InChI=1S/C28H39N3O5/c1-7-28(5,6)31(25(34)22(19-32)30-26(35)36-27(2,3)4)23(21-16-12-9-13-17-21)24(33)29-18-20-14-10-8-11-15-20/h8-17,22-23,32H,7,18-19H2,1-6H3,(H,29,33)(H,30,35). The lowest BCUT2D eigenvalue weighted by molar-refractivity contribution is -0.150. The third-order valence-electron chi connectivity index (χ3n) is 5.86. The highest BCUT2D eigenvalue weighted by Crippen LogP contribution is 2.32. The maximum absolute atomic E-state index is 13.9. The zero-order valence-corrected chi connectivity index (χ0v) is 22.1. The number of aliphatic hydroxyl groups excluding tert-OH is 1.